The third kappa shape index (κ3) is 2.73. The molecule has 0 aliphatic carbocycles. The number of pyridine rings is 1. The van der Waals surface area contributed by atoms with Crippen molar-refractivity contribution < 1.29 is 4.39 Å². The van der Waals surface area contributed by atoms with Gasteiger partial charge in [-0.15, -0.1) is 0 Å². The largest absolute Gasteiger partial charge is 0.313 e. The smallest absolute Gasteiger partial charge is 0.142 e. The first kappa shape index (κ1) is 12.7. The quantitative estimate of drug-likeness (QED) is 0.825. The van der Waals surface area contributed by atoms with Crippen molar-refractivity contribution in [3.05, 3.63) is 41.9 Å². The number of nitrogens with zero attached hydrogens (tertiary/aromatic N) is 3. The van der Waals surface area contributed by atoms with Gasteiger partial charge in [-0.2, -0.15) is 0 Å². The van der Waals surface area contributed by atoms with Gasteiger partial charge >= 0.3 is 0 Å². The van der Waals surface area contributed by atoms with Crippen LogP contribution in [0.1, 0.15) is 24.7 Å². The van der Waals surface area contributed by atoms with E-state index in [2.05, 4.69) is 22.2 Å². The summed E-state index contributed by atoms with van der Waals surface area (Å²) in [5.41, 5.74) is 0.838. The van der Waals surface area contributed by atoms with Crippen LogP contribution in [-0.4, -0.2) is 21.1 Å². The lowest BCUT2D eigenvalue weighted by Crippen LogP contribution is -2.16. The Morgan fingerprint density at radius 1 is 1.39 bits per heavy atom. The second-order valence-electron chi connectivity index (χ2n) is 4.16. The van der Waals surface area contributed by atoms with Gasteiger partial charge < -0.3 is 5.32 Å². The van der Waals surface area contributed by atoms with E-state index in [0.717, 1.165) is 30.2 Å². The molecule has 0 aliphatic heterocycles. The van der Waals surface area contributed by atoms with Gasteiger partial charge in [0.1, 0.15) is 17.5 Å². The molecule has 2 rings (SSSR count). The number of halogens is 1. The van der Waals surface area contributed by atoms with E-state index >= 15 is 0 Å². The second kappa shape index (κ2) is 5.73. The van der Waals surface area contributed by atoms with Crippen molar-refractivity contribution in [2.75, 3.05) is 6.54 Å². The lowest BCUT2D eigenvalue weighted by atomic mass is 10.2. The molecule has 0 saturated carbocycles. The van der Waals surface area contributed by atoms with Crippen LogP contribution in [0.15, 0.2) is 24.7 Å². The fourth-order valence-corrected chi connectivity index (χ4v) is 1.82. The second-order valence-corrected chi connectivity index (χ2v) is 4.16. The lowest BCUT2D eigenvalue weighted by Gasteiger charge is -2.11. The van der Waals surface area contributed by atoms with E-state index in [1.54, 1.807) is 6.20 Å². The number of aryl methyl sites for hydroxylation is 1. The molecule has 0 spiro atoms. The third-order valence-corrected chi connectivity index (χ3v) is 2.71. The molecular formula is C13H17FN4. The zero-order valence-electron chi connectivity index (χ0n) is 10.7. The maximum absolute atomic E-state index is 13.3. The van der Waals surface area contributed by atoms with Crippen LogP contribution in [0, 0.1) is 12.7 Å². The number of imidazole rings is 1. The van der Waals surface area contributed by atoms with Crippen LogP contribution in [0.2, 0.25) is 0 Å². The predicted molar refractivity (Wildman–Crippen MR) is 68.1 cm³/mol. The van der Waals surface area contributed by atoms with Gasteiger partial charge in [0.2, 0.25) is 0 Å². The molecule has 2 aromatic heterocycles. The first-order valence-electron chi connectivity index (χ1n) is 6.08. The summed E-state index contributed by atoms with van der Waals surface area (Å²) in [7, 11) is 0. The van der Waals surface area contributed by atoms with Gasteiger partial charge in [-0.05, 0) is 26.0 Å². The Morgan fingerprint density at radius 3 is 2.89 bits per heavy atom. The summed E-state index contributed by atoms with van der Waals surface area (Å²) >= 11 is 0. The fourth-order valence-electron chi connectivity index (χ4n) is 1.82. The molecule has 0 unspecified atom stereocenters. The molecule has 1 N–H and O–H groups in total. The minimum absolute atomic E-state index is 0.315. The van der Waals surface area contributed by atoms with Gasteiger partial charge in [0.05, 0.1) is 6.20 Å². The topological polar surface area (TPSA) is 42.7 Å². The Bertz CT molecular complexity index is 521. The van der Waals surface area contributed by atoms with E-state index in [4.69, 9.17) is 0 Å². The molecule has 0 radical (unpaired) electrons. The number of aromatic nitrogens is 3. The highest BCUT2D eigenvalue weighted by atomic mass is 19.1. The SMILES string of the molecule is CCCNCc1cc(F)cnc1-n1ccnc1C. The van der Waals surface area contributed by atoms with Crippen LogP contribution in [0.5, 0.6) is 0 Å². The predicted octanol–water partition coefficient (Wildman–Crippen LogP) is 2.21. The summed E-state index contributed by atoms with van der Waals surface area (Å²) in [6.07, 6.45) is 5.82. The molecule has 18 heavy (non-hydrogen) atoms. The number of hydrogen-bond acceptors (Lipinski definition) is 3. The average Bonchev–Trinajstić information content (AvgIpc) is 2.76. The molecule has 0 aliphatic rings. The fraction of sp³-hybridized carbons (Fsp3) is 0.385. The molecular weight excluding hydrogens is 231 g/mol. The van der Waals surface area contributed by atoms with E-state index in [1.165, 1.54) is 12.3 Å². The summed E-state index contributed by atoms with van der Waals surface area (Å²) in [5, 5.41) is 3.26. The molecule has 2 heterocycles. The van der Waals surface area contributed by atoms with Gasteiger partial charge in [-0.25, -0.2) is 14.4 Å². The number of rotatable bonds is 5. The molecule has 0 aromatic carbocycles. The van der Waals surface area contributed by atoms with Crippen molar-refractivity contribution in [2.45, 2.75) is 26.8 Å². The van der Waals surface area contributed by atoms with Gasteiger partial charge in [-0.3, -0.25) is 4.57 Å². The summed E-state index contributed by atoms with van der Waals surface area (Å²) in [5.74, 6) is 1.26. The van der Waals surface area contributed by atoms with Crippen LogP contribution in [-0.2, 0) is 6.54 Å². The monoisotopic (exact) mass is 248 g/mol. The van der Waals surface area contributed by atoms with Crippen molar-refractivity contribution >= 4 is 0 Å². The molecule has 0 bridgehead atoms. The van der Waals surface area contributed by atoms with Gasteiger partial charge in [0, 0.05) is 24.5 Å². The first-order chi connectivity index (χ1) is 8.72. The van der Waals surface area contributed by atoms with Crippen molar-refractivity contribution in [1.29, 1.82) is 0 Å². The highest BCUT2D eigenvalue weighted by molar-refractivity contribution is 5.35. The Balaban J connectivity index is 2.32. The van der Waals surface area contributed by atoms with E-state index in [9.17, 15) is 4.39 Å². The van der Waals surface area contributed by atoms with Crippen molar-refractivity contribution in [1.82, 2.24) is 19.9 Å². The molecule has 2 aromatic rings. The number of hydrogen-bond donors (Lipinski definition) is 1. The normalized spacial score (nSPS) is 10.8. The Kier molecular flexibility index (Phi) is 4.04. The number of nitrogens with one attached hydrogen (secondary N) is 1. The van der Waals surface area contributed by atoms with E-state index < -0.39 is 0 Å². The zero-order valence-corrected chi connectivity index (χ0v) is 10.7. The van der Waals surface area contributed by atoms with Crippen LogP contribution < -0.4 is 5.32 Å². The Morgan fingerprint density at radius 2 is 2.22 bits per heavy atom. The molecule has 96 valence electrons. The highest BCUT2D eigenvalue weighted by Gasteiger charge is 2.09. The van der Waals surface area contributed by atoms with Crippen molar-refractivity contribution in [3.8, 4) is 5.82 Å². The van der Waals surface area contributed by atoms with E-state index in [1.807, 2.05) is 17.7 Å². The minimum atomic E-state index is -0.315. The molecule has 0 fully saturated rings. The highest BCUT2D eigenvalue weighted by Crippen LogP contribution is 2.14. The summed E-state index contributed by atoms with van der Waals surface area (Å²) < 4.78 is 15.1. The lowest BCUT2D eigenvalue weighted by molar-refractivity contribution is 0.608. The summed E-state index contributed by atoms with van der Waals surface area (Å²) in [4.78, 5) is 8.33. The molecule has 0 amide bonds. The first-order valence-corrected chi connectivity index (χ1v) is 6.08. The van der Waals surface area contributed by atoms with Crippen LogP contribution in [0.4, 0.5) is 4.39 Å². The van der Waals surface area contributed by atoms with Gasteiger partial charge in [0.25, 0.3) is 0 Å². The van der Waals surface area contributed by atoms with Crippen molar-refractivity contribution in [3.63, 3.8) is 0 Å². The maximum atomic E-state index is 13.3. The Labute approximate surface area is 106 Å². The van der Waals surface area contributed by atoms with Crippen LogP contribution in [0.3, 0.4) is 0 Å². The summed E-state index contributed by atoms with van der Waals surface area (Å²) in [6.45, 7) is 5.50. The molecule has 0 atom stereocenters. The summed E-state index contributed by atoms with van der Waals surface area (Å²) in [6, 6.07) is 1.52. The van der Waals surface area contributed by atoms with Crippen LogP contribution in [0.25, 0.3) is 5.82 Å². The molecule has 0 saturated heterocycles. The van der Waals surface area contributed by atoms with Crippen LogP contribution >= 0.6 is 0 Å². The Hall–Kier alpha value is -1.75. The van der Waals surface area contributed by atoms with Crippen molar-refractivity contribution in [2.24, 2.45) is 0 Å². The zero-order chi connectivity index (χ0) is 13.0. The van der Waals surface area contributed by atoms with Gasteiger partial charge in [-0.1, -0.05) is 6.92 Å². The minimum Gasteiger partial charge on any atom is -0.313 e. The maximum Gasteiger partial charge on any atom is 0.142 e. The molecule has 4 nitrogen and oxygen atoms in total. The molecule has 5 heteroatoms. The third-order valence-electron chi connectivity index (χ3n) is 2.71. The van der Waals surface area contributed by atoms with Gasteiger partial charge in [0.15, 0.2) is 0 Å². The van der Waals surface area contributed by atoms with E-state index in [-0.39, 0.29) is 5.82 Å². The van der Waals surface area contributed by atoms with E-state index in [0.29, 0.717) is 6.54 Å². The average molecular weight is 248 g/mol. The standard InChI is InChI=1S/C13H17FN4/c1-3-4-15-8-11-7-12(14)9-17-13(11)18-6-5-16-10(18)2/h5-7,9,15H,3-4,8H2,1-2H3.